The third kappa shape index (κ3) is 3.60. The first kappa shape index (κ1) is 15.9. The number of benzene rings is 1. The van der Waals surface area contributed by atoms with Gasteiger partial charge in [-0.25, -0.2) is 4.39 Å². The van der Waals surface area contributed by atoms with Gasteiger partial charge >= 0.3 is 0 Å². The molecule has 0 radical (unpaired) electrons. The second-order valence-electron chi connectivity index (χ2n) is 5.81. The van der Waals surface area contributed by atoms with Gasteiger partial charge in [0.1, 0.15) is 5.82 Å². The monoisotopic (exact) mass is 294 g/mol. The molecule has 0 unspecified atom stereocenters. The largest absolute Gasteiger partial charge is 0.390 e. The molecule has 4 nitrogen and oxygen atoms in total. The number of hydrogen-bond donors (Lipinski definition) is 1. The number of aliphatic hydroxyl groups is 1. The van der Waals surface area contributed by atoms with E-state index in [1.807, 2.05) is 6.92 Å². The summed E-state index contributed by atoms with van der Waals surface area (Å²) in [4.78, 5) is 16.4. The first-order valence-corrected chi connectivity index (χ1v) is 7.36. The molecule has 1 aliphatic rings. The molecule has 5 heteroatoms. The summed E-state index contributed by atoms with van der Waals surface area (Å²) in [6, 6.07) is 4.55. The minimum Gasteiger partial charge on any atom is -0.390 e. The van der Waals surface area contributed by atoms with E-state index in [0.717, 1.165) is 13.0 Å². The maximum atomic E-state index is 13.3. The quantitative estimate of drug-likeness (QED) is 0.898. The summed E-state index contributed by atoms with van der Waals surface area (Å²) in [5.74, 6) is -0.387. The summed E-state index contributed by atoms with van der Waals surface area (Å²) in [6.45, 7) is 5.81. The average molecular weight is 294 g/mol. The molecule has 0 aromatic heterocycles. The highest BCUT2D eigenvalue weighted by Gasteiger charge is 2.29. The number of rotatable bonds is 5. The zero-order valence-corrected chi connectivity index (χ0v) is 12.8. The number of aliphatic hydroxyl groups excluding tert-OH is 1. The van der Waals surface area contributed by atoms with E-state index in [-0.39, 0.29) is 23.9 Å². The summed E-state index contributed by atoms with van der Waals surface area (Å²) in [7, 11) is 1.78. The van der Waals surface area contributed by atoms with E-state index < -0.39 is 0 Å². The molecule has 21 heavy (non-hydrogen) atoms. The number of carbonyl (C=O) groups excluding carboxylic acids is 1. The molecule has 2 rings (SSSR count). The van der Waals surface area contributed by atoms with Gasteiger partial charge in [0.2, 0.25) is 0 Å². The van der Waals surface area contributed by atoms with Crippen molar-refractivity contribution in [3.8, 4) is 0 Å². The van der Waals surface area contributed by atoms with Crippen LogP contribution < -0.4 is 0 Å². The van der Waals surface area contributed by atoms with Gasteiger partial charge < -0.3 is 10.0 Å². The van der Waals surface area contributed by atoms with Crippen LogP contribution in [0.25, 0.3) is 0 Å². The van der Waals surface area contributed by atoms with Crippen LogP contribution >= 0.6 is 0 Å². The van der Waals surface area contributed by atoms with Gasteiger partial charge in [0.25, 0.3) is 5.91 Å². The molecule has 1 atom stereocenters. The zero-order chi connectivity index (χ0) is 15.6. The van der Waals surface area contributed by atoms with Crippen molar-refractivity contribution < 1.29 is 14.3 Å². The number of carbonyl (C=O) groups is 1. The van der Waals surface area contributed by atoms with Crippen molar-refractivity contribution in [2.45, 2.75) is 32.4 Å². The molecule has 1 aliphatic heterocycles. The molecular weight excluding hydrogens is 271 g/mol. The standard InChI is InChI=1S/C16H23FN2O2/c1-4-13(8-19-9-14(20)10-19)18(3)16(21)12-5-6-15(17)11(2)7-12/h5-7,13-14,20H,4,8-10H2,1-3H3/t13-/m0/s1. The van der Waals surface area contributed by atoms with Gasteiger partial charge in [-0.3, -0.25) is 9.69 Å². The number of aryl methyl sites for hydroxylation is 1. The van der Waals surface area contributed by atoms with E-state index >= 15 is 0 Å². The van der Waals surface area contributed by atoms with Gasteiger partial charge in [0.05, 0.1) is 6.10 Å². The molecule has 1 heterocycles. The lowest BCUT2D eigenvalue weighted by Gasteiger charge is -2.40. The minimum absolute atomic E-state index is 0.0916. The van der Waals surface area contributed by atoms with Crippen molar-refractivity contribution in [1.29, 1.82) is 0 Å². The third-order valence-corrected chi connectivity index (χ3v) is 4.15. The van der Waals surface area contributed by atoms with E-state index in [0.29, 0.717) is 24.2 Å². The van der Waals surface area contributed by atoms with Crippen molar-refractivity contribution >= 4 is 5.91 Å². The molecule has 0 saturated carbocycles. The number of likely N-dealkylation sites (N-methyl/N-ethyl adjacent to an activating group) is 1. The summed E-state index contributed by atoms with van der Waals surface area (Å²) in [5.41, 5.74) is 0.992. The maximum Gasteiger partial charge on any atom is 0.253 e. The lowest BCUT2D eigenvalue weighted by Crippen LogP contribution is -2.55. The number of hydrogen-bond acceptors (Lipinski definition) is 3. The van der Waals surface area contributed by atoms with Crippen LogP contribution in [0.2, 0.25) is 0 Å². The van der Waals surface area contributed by atoms with Gasteiger partial charge in [0, 0.05) is 38.3 Å². The van der Waals surface area contributed by atoms with E-state index in [4.69, 9.17) is 0 Å². The van der Waals surface area contributed by atoms with Gasteiger partial charge in [-0.2, -0.15) is 0 Å². The van der Waals surface area contributed by atoms with Crippen molar-refractivity contribution in [3.05, 3.63) is 35.1 Å². The predicted molar refractivity (Wildman–Crippen MR) is 79.8 cm³/mol. The first-order chi connectivity index (χ1) is 9.92. The zero-order valence-electron chi connectivity index (χ0n) is 12.8. The lowest BCUT2D eigenvalue weighted by atomic mass is 10.1. The Bertz CT molecular complexity index is 515. The Morgan fingerprint density at radius 3 is 2.71 bits per heavy atom. The average Bonchev–Trinajstić information content (AvgIpc) is 2.43. The van der Waals surface area contributed by atoms with Gasteiger partial charge in [-0.05, 0) is 37.1 Å². The van der Waals surface area contributed by atoms with Gasteiger partial charge in [-0.1, -0.05) is 6.92 Å². The van der Waals surface area contributed by atoms with Crippen LogP contribution in [0.3, 0.4) is 0 Å². The molecule has 1 fully saturated rings. The summed E-state index contributed by atoms with van der Waals surface area (Å²) < 4.78 is 13.3. The Morgan fingerprint density at radius 1 is 1.52 bits per heavy atom. The van der Waals surface area contributed by atoms with E-state index in [1.165, 1.54) is 12.1 Å². The fourth-order valence-electron chi connectivity index (χ4n) is 2.66. The lowest BCUT2D eigenvalue weighted by molar-refractivity contribution is -0.0108. The Kier molecular flexibility index (Phi) is 4.96. The summed E-state index contributed by atoms with van der Waals surface area (Å²) in [6.07, 6.45) is 0.609. The van der Waals surface area contributed by atoms with Crippen molar-refractivity contribution in [3.63, 3.8) is 0 Å². The summed E-state index contributed by atoms with van der Waals surface area (Å²) in [5, 5.41) is 9.33. The molecular formula is C16H23FN2O2. The topological polar surface area (TPSA) is 43.8 Å². The molecule has 0 bridgehead atoms. The molecule has 0 aliphatic carbocycles. The van der Waals surface area contributed by atoms with E-state index in [9.17, 15) is 14.3 Å². The fourth-order valence-corrected chi connectivity index (χ4v) is 2.66. The van der Waals surface area contributed by atoms with Crippen molar-refractivity contribution in [2.75, 3.05) is 26.7 Å². The van der Waals surface area contributed by atoms with Crippen molar-refractivity contribution in [2.24, 2.45) is 0 Å². The molecule has 1 N–H and O–H groups in total. The predicted octanol–water partition coefficient (Wildman–Crippen LogP) is 1.66. The Hall–Kier alpha value is -1.46. The minimum atomic E-state index is -0.296. The fraction of sp³-hybridized carbons (Fsp3) is 0.562. The molecule has 1 aromatic carbocycles. The molecule has 116 valence electrons. The Morgan fingerprint density at radius 2 is 2.19 bits per heavy atom. The second kappa shape index (κ2) is 6.54. The number of amides is 1. The number of nitrogens with zero attached hydrogens (tertiary/aromatic N) is 2. The molecule has 1 aromatic rings. The molecule has 1 saturated heterocycles. The van der Waals surface area contributed by atoms with Crippen LogP contribution in [0.15, 0.2) is 18.2 Å². The maximum absolute atomic E-state index is 13.3. The highest BCUT2D eigenvalue weighted by molar-refractivity contribution is 5.94. The third-order valence-electron chi connectivity index (χ3n) is 4.15. The van der Waals surface area contributed by atoms with E-state index in [1.54, 1.807) is 24.9 Å². The first-order valence-electron chi connectivity index (χ1n) is 7.36. The van der Waals surface area contributed by atoms with Gasteiger partial charge in [-0.15, -0.1) is 0 Å². The van der Waals surface area contributed by atoms with Crippen LogP contribution in [0.4, 0.5) is 4.39 Å². The van der Waals surface area contributed by atoms with Crippen LogP contribution in [-0.2, 0) is 0 Å². The van der Waals surface area contributed by atoms with Crippen LogP contribution in [-0.4, -0.2) is 59.6 Å². The normalized spacial score (nSPS) is 17.4. The number of halogens is 1. The molecule has 1 amide bonds. The SMILES string of the molecule is CC[C@@H](CN1CC(O)C1)N(C)C(=O)c1ccc(F)c(C)c1. The van der Waals surface area contributed by atoms with E-state index in [2.05, 4.69) is 4.90 Å². The van der Waals surface area contributed by atoms with Crippen LogP contribution in [0.1, 0.15) is 29.3 Å². The highest BCUT2D eigenvalue weighted by atomic mass is 19.1. The Balaban J connectivity index is 2.03. The smallest absolute Gasteiger partial charge is 0.253 e. The van der Waals surface area contributed by atoms with Crippen molar-refractivity contribution in [1.82, 2.24) is 9.80 Å². The number of β-amino-alcohol motifs (C(OH)–C–C–N with tert-alkyl or cyclic N) is 1. The highest BCUT2D eigenvalue weighted by Crippen LogP contribution is 2.16. The van der Waals surface area contributed by atoms with Crippen LogP contribution in [0, 0.1) is 12.7 Å². The Labute approximate surface area is 125 Å². The number of likely N-dealkylation sites (tertiary alicyclic amines) is 1. The summed E-state index contributed by atoms with van der Waals surface area (Å²) >= 11 is 0. The second-order valence-corrected chi connectivity index (χ2v) is 5.81. The van der Waals surface area contributed by atoms with Gasteiger partial charge in [0.15, 0.2) is 0 Å². The van der Waals surface area contributed by atoms with Crippen LogP contribution in [0.5, 0.6) is 0 Å². The molecule has 0 spiro atoms.